The van der Waals surface area contributed by atoms with Crippen molar-refractivity contribution in [2.24, 2.45) is 34.4 Å². The number of hydrogen-bond acceptors (Lipinski definition) is 23. The van der Waals surface area contributed by atoms with Crippen LogP contribution in [0, 0.1) is 0 Å². The highest BCUT2D eigenvalue weighted by Gasteiger charge is 2.23. The van der Waals surface area contributed by atoms with Gasteiger partial charge in [-0.2, -0.15) is 0 Å². The lowest BCUT2D eigenvalue weighted by molar-refractivity contribution is -0.129. The Kier molecular flexibility index (Phi) is 63.5. The quantitative estimate of drug-likeness (QED) is 0.0311. The van der Waals surface area contributed by atoms with Crippen molar-refractivity contribution in [1.82, 2.24) is 31.9 Å². The highest BCUT2D eigenvalue weighted by molar-refractivity contribution is 5.89. The molecule has 0 bridgehead atoms. The number of unbranched alkanes of at least 4 members (excludes halogenated alkanes) is 4. The van der Waals surface area contributed by atoms with Gasteiger partial charge >= 0.3 is 0 Å². The number of nitrogens with two attached hydrogens (primary N) is 6. The molecule has 4 atom stereocenters. The van der Waals surface area contributed by atoms with Gasteiger partial charge in [0.05, 0.1) is 131 Å². The molecular weight excluding hydrogens is 1120 g/mol. The Morgan fingerprint density at radius 2 is 0.593 bits per heavy atom. The topological polar surface area (TPSA) is 415 Å². The molecule has 0 heterocycles. The molecule has 86 heavy (non-hydrogen) atoms. The molecule has 28 nitrogen and oxygen atoms in total. The van der Waals surface area contributed by atoms with E-state index in [4.69, 9.17) is 86.5 Å². The normalized spacial score (nSPS) is 12.9. The van der Waals surface area contributed by atoms with Gasteiger partial charge in [0, 0.05) is 78.0 Å². The Morgan fingerprint density at radius 3 is 0.953 bits per heavy atom. The number of amides is 5. The largest absolute Gasteiger partial charge is 0.379 e. The van der Waals surface area contributed by atoms with Crippen molar-refractivity contribution in [3.05, 3.63) is 0 Å². The Balaban J connectivity index is 3.51. The standard InChI is InChI=1S/C58H120N12O16/c59-19-5-1-13-50(63)49-69-52(15-3-7-21-61)57(74)67-25-11-29-78-35-41-82-39-33-76-27-9-23-65-54(71)17-31-80-37-43-84-45-47-86-48-46-85-44-38-81-32-18-55(72)66-24-10-28-77-34-40-83-42-36-79-30-12-26-68-58(75)53(16-4-8-22-62)70-56(73)51(64)14-2-6-20-60/h50-53,69H,1-49,59-64H2,(H,65,71)(H,66,72)(H,67,74)(H,68,75)(H,70,73)/t50-,51-,52-,53-/m0/s1. The fraction of sp³-hybridized carbons (Fsp3) is 0.914. The molecule has 508 valence electrons. The molecule has 5 amide bonds. The van der Waals surface area contributed by atoms with Crippen LogP contribution in [0.2, 0.25) is 0 Å². The molecule has 0 aliphatic heterocycles. The second kappa shape index (κ2) is 66.1. The van der Waals surface area contributed by atoms with Crippen LogP contribution in [0.4, 0.5) is 0 Å². The van der Waals surface area contributed by atoms with Crippen LogP contribution in [-0.2, 0) is 76.1 Å². The predicted molar refractivity (Wildman–Crippen MR) is 330 cm³/mol. The van der Waals surface area contributed by atoms with E-state index in [1.54, 1.807) is 0 Å². The second-order valence-electron chi connectivity index (χ2n) is 20.5. The van der Waals surface area contributed by atoms with Crippen LogP contribution >= 0.6 is 0 Å². The number of rotatable bonds is 69. The van der Waals surface area contributed by atoms with Crippen LogP contribution < -0.4 is 66.3 Å². The molecule has 0 rings (SSSR count). The summed E-state index contributed by atoms with van der Waals surface area (Å²) in [5, 5.41) is 17.7. The van der Waals surface area contributed by atoms with Gasteiger partial charge in [-0.15, -0.1) is 0 Å². The highest BCUT2D eigenvalue weighted by Crippen LogP contribution is 2.06. The zero-order chi connectivity index (χ0) is 62.9. The van der Waals surface area contributed by atoms with Crippen molar-refractivity contribution in [1.29, 1.82) is 0 Å². The maximum absolute atomic E-state index is 12.8. The van der Waals surface area contributed by atoms with E-state index in [2.05, 4.69) is 31.9 Å². The summed E-state index contributed by atoms with van der Waals surface area (Å²) in [4.78, 5) is 62.3. The lowest BCUT2D eigenvalue weighted by Crippen LogP contribution is -2.51. The van der Waals surface area contributed by atoms with Gasteiger partial charge in [-0.25, -0.2) is 0 Å². The first kappa shape index (κ1) is 82.6. The molecule has 0 spiro atoms. The van der Waals surface area contributed by atoms with Gasteiger partial charge < -0.3 is 118 Å². The fourth-order valence-corrected chi connectivity index (χ4v) is 7.84. The molecule has 0 saturated carbocycles. The summed E-state index contributed by atoms with van der Waals surface area (Å²) in [6.07, 6.45) is 12.5. The lowest BCUT2D eigenvalue weighted by Gasteiger charge is -2.21. The third kappa shape index (κ3) is 58.3. The summed E-state index contributed by atoms with van der Waals surface area (Å²) in [7, 11) is 0. The first-order chi connectivity index (χ1) is 42.1. The smallest absolute Gasteiger partial charge is 0.242 e. The Labute approximate surface area is 514 Å². The van der Waals surface area contributed by atoms with E-state index in [1.165, 1.54) is 0 Å². The molecule has 0 unspecified atom stereocenters. The van der Waals surface area contributed by atoms with Crippen molar-refractivity contribution in [2.45, 2.75) is 140 Å². The molecular formula is C58H120N12O16. The Morgan fingerprint density at radius 1 is 0.302 bits per heavy atom. The summed E-state index contributed by atoms with van der Waals surface area (Å²) in [6, 6.07) is -1.65. The average molecular weight is 1240 g/mol. The number of nitrogens with one attached hydrogen (secondary N) is 6. The molecule has 0 aliphatic rings. The predicted octanol–water partition coefficient (Wildman–Crippen LogP) is -1.41. The van der Waals surface area contributed by atoms with E-state index in [1.807, 2.05) is 0 Å². The van der Waals surface area contributed by atoms with Gasteiger partial charge in [0.1, 0.15) is 6.04 Å². The van der Waals surface area contributed by atoms with Crippen molar-refractivity contribution in [3.63, 3.8) is 0 Å². The van der Waals surface area contributed by atoms with Crippen LogP contribution in [0.25, 0.3) is 0 Å². The zero-order valence-corrected chi connectivity index (χ0v) is 52.5. The van der Waals surface area contributed by atoms with E-state index >= 15 is 0 Å². The van der Waals surface area contributed by atoms with Crippen molar-refractivity contribution in [2.75, 3.05) is 204 Å². The van der Waals surface area contributed by atoms with Gasteiger partial charge in [-0.3, -0.25) is 24.0 Å². The van der Waals surface area contributed by atoms with Crippen LogP contribution in [0.3, 0.4) is 0 Å². The zero-order valence-electron chi connectivity index (χ0n) is 52.5. The fourth-order valence-electron chi connectivity index (χ4n) is 7.84. The maximum atomic E-state index is 12.8. The molecule has 0 aliphatic carbocycles. The number of hydrogen-bond donors (Lipinski definition) is 12. The molecule has 0 fully saturated rings. The maximum Gasteiger partial charge on any atom is 0.242 e. The summed E-state index contributed by atoms with van der Waals surface area (Å²) >= 11 is 0. The summed E-state index contributed by atoms with van der Waals surface area (Å²) in [6.45, 7) is 14.1. The van der Waals surface area contributed by atoms with Crippen LogP contribution in [0.5, 0.6) is 0 Å². The van der Waals surface area contributed by atoms with Crippen LogP contribution in [0.15, 0.2) is 0 Å². The molecule has 0 saturated heterocycles. The van der Waals surface area contributed by atoms with Gasteiger partial charge in [0.25, 0.3) is 0 Å². The second-order valence-corrected chi connectivity index (χ2v) is 20.5. The van der Waals surface area contributed by atoms with E-state index < -0.39 is 12.1 Å². The first-order valence-electron chi connectivity index (χ1n) is 31.9. The Hall–Kier alpha value is -3.37. The third-order valence-corrected chi connectivity index (χ3v) is 12.8. The summed E-state index contributed by atoms with van der Waals surface area (Å²) < 4.78 is 61.0. The Bertz CT molecular complexity index is 1540. The van der Waals surface area contributed by atoms with Crippen molar-refractivity contribution < 1.29 is 76.1 Å². The first-order valence-corrected chi connectivity index (χ1v) is 31.9. The average Bonchev–Trinajstić information content (AvgIpc) is 3.65. The van der Waals surface area contributed by atoms with Gasteiger partial charge in [0.15, 0.2) is 0 Å². The molecule has 28 heteroatoms. The molecule has 0 aromatic heterocycles. The van der Waals surface area contributed by atoms with Crippen LogP contribution in [-0.4, -0.2) is 258 Å². The van der Waals surface area contributed by atoms with Gasteiger partial charge in [-0.05, 0) is 110 Å². The summed E-state index contributed by atoms with van der Waals surface area (Å²) in [5.41, 5.74) is 34.6. The number of carbonyl (C=O) groups excluding carboxylic acids is 5. The van der Waals surface area contributed by atoms with Crippen molar-refractivity contribution >= 4 is 29.5 Å². The van der Waals surface area contributed by atoms with E-state index in [9.17, 15) is 24.0 Å². The minimum Gasteiger partial charge on any atom is -0.379 e. The minimum absolute atomic E-state index is 0.0118. The van der Waals surface area contributed by atoms with E-state index in [0.717, 1.165) is 51.4 Å². The lowest BCUT2D eigenvalue weighted by atomic mass is 10.1. The monoisotopic (exact) mass is 1240 g/mol. The van der Waals surface area contributed by atoms with Gasteiger partial charge in [0.2, 0.25) is 29.5 Å². The van der Waals surface area contributed by atoms with Crippen LogP contribution in [0.1, 0.15) is 116 Å². The highest BCUT2D eigenvalue weighted by atomic mass is 16.6. The summed E-state index contributed by atoms with van der Waals surface area (Å²) in [5.74, 6) is -0.788. The molecule has 18 N–H and O–H groups in total. The molecule has 0 aromatic carbocycles. The SMILES string of the molecule is NCCCC[C@H](N)CN[C@@H](CCCCN)C(=O)NCCCOCCOCCOCCCNC(=O)CCOCCOCCOCCOCCOCCC(=O)NCCCOCCOCCOCCCNC(=O)[C@H](CCCCN)NC(=O)[C@@H](N)CCCCN. The van der Waals surface area contributed by atoms with Crippen molar-refractivity contribution in [3.8, 4) is 0 Å². The van der Waals surface area contributed by atoms with E-state index in [-0.39, 0.29) is 54.5 Å². The number of carbonyl (C=O) groups is 5. The minimum atomic E-state index is -0.681. The van der Waals surface area contributed by atoms with Gasteiger partial charge in [-0.1, -0.05) is 19.3 Å². The third-order valence-electron chi connectivity index (χ3n) is 12.8. The molecule has 0 aromatic rings. The number of ether oxygens (including phenoxy) is 11. The molecule has 0 radical (unpaired) electrons. The van der Waals surface area contributed by atoms with E-state index in [0.29, 0.717) is 256 Å².